The second kappa shape index (κ2) is 13.6. The van der Waals surface area contributed by atoms with Gasteiger partial charge in [0.1, 0.15) is 0 Å². The quantitative estimate of drug-likeness (QED) is 0.261. The third-order valence-corrected chi connectivity index (χ3v) is 7.51. The van der Waals surface area contributed by atoms with Gasteiger partial charge in [0.15, 0.2) is 0 Å². The van der Waals surface area contributed by atoms with Crippen LogP contribution >= 0.6 is 0 Å². The third kappa shape index (κ3) is 7.56. The van der Waals surface area contributed by atoms with Crippen LogP contribution in [0.4, 0.5) is 11.4 Å². The molecule has 40 heavy (non-hydrogen) atoms. The van der Waals surface area contributed by atoms with Crippen molar-refractivity contribution in [2.24, 2.45) is 5.92 Å². The molecule has 2 heterocycles. The standard InChI is InChI=1S/C34H36N4O2/c39-33(16-13-26-8-3-1-4-9-26)37-30-14-15-32(31(23-30)34(40)36-25-29-12-7-19-35-24-29)38-20-17-28(18-21-38)22-27-10-5-2-6-11-27/h1-12,14-15,19,23-24,28H,13,16-18,20-22,25H2,(H,36,40)(H,37,39). The zero-order valence-electron chi connectivity index (χ0n) is 22.8. The maximum absolute atomic E-state index is 13.5. The summed E-state index contributed by atoms with van der Waals surface area (Å²) in [7, 11) is 0. The van der Waals surface area contributed by atoms with E-state index in [1.807, 2.05) is 60.7 Å². The lowest BCUT2D eigenvalue weighted by atomic mass is 9.89. The van der Waals surface area contributed by atoms with Gasteiger partial charge in [0, 0.05) is 49.8 Å². The number of benzene rings is 3. The molecule has 2 amide bonds. The zero-order chi connectivity index (χ0) is 27.6. The Morgan fingerprint density at radius 3 is 2.23 bits per heavy atom. The fourth-order valence-corrected chi connectivity index (χ4v) is 5.30. The van der Waals surface area contributed by atoms with Crippen molar-refractivity contribution in [3.63, 3.8) is 0 Å². The summed E-state index contributed by atoms with van der Waals surface area (Å²) >= 11 is 0. The smallest absolute Gasteiger partial charge is 0.253 e. The van der Waals surface area contributed by atoms with Crippen LogP contribution < -0.4 is 15.5 Å². The molecule has 0 spiro atoms. The number of aryl methyl sites for hydroxylation is 1. The van der Waals surface area contributed by atoms with E-state index >= 15 is 0 Å². The molecule has 1 aliphatic rings. The molecule has 3 aromatic carbocycles. The summed E-state index contributed by atoms with van der Waals surface area (Å²) in [6.45, 7) is 2.17. The molecule has 4 aromatic rings. The highest BCUT2D eigenvalue weighted by molar-refractivity contribution is 6.02. The Bertz CT molecular complexity index is 1390. The van der Waals surface area contributed by atoms with E-state index in [0.717, 1.165) is 49.2 Å². The van der Waals surface area contributed by atoms with Gasteiger partial charge in [0.2, 0.25) is 5.91 Å². The number of carbonyl (C=O) groups is 2. The summed E-state index contributed by atoms with van der Waals surface area (Å²) in [6.07, 6.45) is 7.75. The van der Waals surface area contributed by atoms with Gasteiger partial charge in [0.25, 0.3) is 5.91 Å². The van der Waals surface area contributed by atoms with Gasteiger partial charge in [-0.3, -0.25) is 14.6 Å². The second-order valence-corrected chi connectivity index (χ2v) is 10.4. The van der Waals surface area contributed by atoms with Crippen LogP contribution in [0.3, 0.4) is 0 Å². The number of anilines is 2. The molecule has 5 rings (SSSR count). The maximum Gasteiger partial charge on any atom is 0.253 e. The van der Waals surface area contributed by atoms with Crippen LogP contribution in [0.25, 0.3) is 0 Å². The van der Waals surface area contributed by atoms with Crippen molar-refractivity contribution in [2.75, 3.05) is 23.3 Å². The average molecular weight is 533 g/mol. The Kier molecular flexibility index (Phi) is 9.20. The van der Waals surface area contributed by atoms with Crippen LogP contribution in [0, 0.1) is 5.92 Å². The van der Waals surface area contributed by atoms with Crippen LogP contribution in [-0.2, 0) is 24.2 Å². The van der Waals surface area contributed by atoms with E-state index in [2.05, 4.69) is 50.8 Å². The first-order chi connectivity index (χ1) is 19.6. The van der Waals surface area contributed by atoms with Gasteiger partial charge in [-0.25, -0.2) is 0 Å². The van der Waals surface area contributed by atoms with E-state index in [-0.39, 0.29) is 11.8 Å². The molecule has 6 nitrogen and oxygen atoms in total. The van der Waals surface area contributed by atoms with Crippen molar-refractivity contribution >= 4 is 23.2 Å². The number of hydrogen-bond acceptors (Lipinski definition) is 4. The molecule has 1 aromatic heterocycles. The van der Waals surface area contributed by atoms with Gasteiger partial charge in [-0.1, -0.05) is 66.7 Å². The molecule has 0 radical (unpaired) electrons. The number of pyridine rings is 1. The molecule has 6 heteroatoms. The highest BCUT2D eigenvalue weighted by Gasteiger charge is 2.24. The highest BCUT2D eigenvalue weighted by atomic mass is 16.2. The predicted molar refractivity (Wildman–Crippen MR) is 160 cm³/mol. The van der Waals surface area contributed by atoms with Gasteiger partial charge in [-0.2, -0.15) is 0 Å². The first-order valence-corrected chi connectivity index (χ1v) is 14.1. The molecule has 0 atom stereocenters. The SMILES string of the molecule is O=C(CCc1ccccc1)Nc1ccc(N2CCC(Cc3ccccc3)CC2)c(C(=O)NCc2cccnc2)c1. The van der Waals surface area contributed by atoms with E-state index in [1.54, 1.807) is 12.4 Å². The van der Waals surface area contributed by atoms with Crippen LogP contribution in [0.1, 0.15) is 46.3 Å². The third-order valence-electron chi connectivity index (χ3n) is 7.51. The van der Waals surface area contributed by atoms with Crippen molar-refractivity contribution in [3.8, 4) is 0 Å². The molecule has 1 aliphatic heterocycles. The number of nitrogens with one attached hydrogen (secondary N) is 2. The van der Waals surface area contributed by atoms with Crippen molar-refractivity contribution in [2.45, 2.75) is 38.6 Å². The van der Waals surface area contributed by atoms with Crippen molar-refractivity contribution in [1.82, 2.24) is 10.3 Å². The second-order valence-electron chi connectivity index (χ2n) is 10.4. The molecule has 0 saturated carbocycles. The van der Waals surface area contributed by atoms with Gasteiger partial charge < -0.3 is 15.5 Å². The first-order valence-electron chi connectivity index (χ1n) is 14.1. The molecule has 204 valence electrons. The average Bonchev–Trinajstić information content (AvgIpc) is 3.01. The van der Waals surface area contributed by atoms with Crippen LogP contribution in [0.15, 0.2) is 103 Å². The summed E-state index contributed by atoms with van der Waals surface area (Å²) in [5, 5.41) is 6.04. The minimum Gasteiger partial charge on any atom is -0.371 e. The minimum atomic E-state index is -0.161. The van der Waals surface area contributed by atoms with Gasteiger partial charge in [-0.05, 0) is 72.6 Å². The number of amides is 2. The number of hydrogen-bond donors (Lipinski definition) is 2. The van der Waals surface area contributed by atoms with E-state index in [9.17, 15) is 9.59 Å². The highest BCUT2D eigenvalue weighted by Crippen LogP contribution is 2.30. The normalized spacial score (nSPS) is 13.6. The van der Waals surface area contributed by atoms with Crippen molar-refractivity contribution in [1.29, 1.82) is 0 Å². The van der Waals surface area contributed by atoms with Crippen LogP contribution in [0.2, 0.25) is 0 Å². The number of piperidine rings is 1. The summed E-state index contributed by atoms with van der Waals surface area (Å²) in [5.41, 5.74) is 5.55. The van der Waals surface area contributed by atoms with E-state index in [4.69, 9.17) is 0 Å². The molecule has 2 N–H and O–H groups in total. The predicted octanol–water partition coefficient (Wildman–Crippen LogP) is 6.04. The number of nitrogens with zero attached hydrogens (tertiary/aromatic N) is 2. The summed E-state index contributed by atoms with van der Waals surface area (Å²) in [5.74, 6) is 0.398. The van der Waals surface area contributed by atoms with Gasteiger partial charge in [-0.15, -0.1) is 0 Å². The van der Waals surface area contributed by atoms with Crippen LogP contribution in [0.5, 0.6) is 0 Å². The molecular weight excluding hydrogens is 496 g/mol. The maximum atomic E-state index is 13.5. The number of carbonyl (C=O) groups excluding carboxylic acids is 2. The van der Waals surface area contributed by atoms with E-state index in [0.29, 0.717) is 36.6 Å². The molecule has 0 aliphatic carbocycles. The Hall–Kier alpha value is -4.45. The Morgan fingerprint density at radius 1 is 0.825 bits per heavy atom. The largest absolute Gasteiger partial charge is 0.371 e. The number of rotatable bonds is 10. The number of aromatic nitrogens is 1. The van der Waals surface area contributed by atoms with E-state index in [1.165, 1.54) is 5.56 Å². The Morgan fingerprint density at radius 2 is 1.52 bits per heavy atom. The fourth-order valence-electron chi connectivity index (χ4n) is 5.30. The molecule has 1 fully saturated rings. The van der Waals surface area contributed by atoms with Crippen molar-refractivity contribution < 1.29 is 9.59 Å². The van der Waals surface area contributed by atoms with Crippen molar-refractivity contribution in [3.05, 3.63) is 126 Å². The fraction of sp³-hybridized carbons (Fsp3) is 0.265. The molecule has 1 saturated heterocycles. The Labute approximate surface area is 236 Å². The molecule has 0 bridgehead atoms. The zero-order valence-corrected chi connectivity index (χ0v) is 22.8. The minimum absolute atomic E-state index is 0.0694. The van der Waals surface area contributed by atoms with Crippen LogP contribution in [-0.4, -0.2) is 29.9 Å². The lowest BCUT2D eigenvalue weighted by Crippen LogP contribution is -2.36. The first kappa shape index (κ1) is 27.1. The summed E-state index contributed by atoms with van der Waals surface area (Å²) < 4.78 is 0. The summed E-state index contributed by atoms with van der Waals surface area (Å²) in [4.78, 5) is 32.6. The molecule has 0 unspecified atom stereocenters. The Balaban J connectivity index is 1.27. The lowest BCUT2D eigenvalue weighted by molar-refractivity contribution is -0.116. The van der Waals surface area contributed by atoms with Gasteiger partial charge >= 0.3 is 0 Å². The van der Waals surface area contributed by atoms with E-state index < -0.39 is 0 Å². The monoisotopic (exact) mass is 532 g/mol. The molecular formula is C34H36N4O2. The lowest BCUT2D eigenvalue weighted by Gasteiger charge is -2.35. The topological polar surface area (TPSA) is 74.3 Å². The van der Waals surface area contributed by atoms with Gasteiger partial charge in [0.05, 0.1) is 5.56 Å². The summed E-state index contributed by atoms with van der Waals surface area (Å²) in [6, 6.07) is 30.1.